The second kappa shape index (κ2) is 5.05. The summed E-state index contributed by atoms with van der Waals surface area (Å²) in [7, 11) is 0. The Bertz CT molecular complexity index is 657. The maximum absolute atomic E-state index is 13.0. The summed E-state index contributed by atoms with van der Waals surface area (Å²) in [5.74, 6) is 0. The van der Waals surface area contributed by atoms with E-state index in [1.165, 1.54) is 18.5 Å². The highest BCUT2D eigenvalue weighted by Gasteiger charge is 2.38. The molecule has 1 aromatic carbocycles. The van der Waals surface area contributed by atoms with Gasteiger partial charge in [0.1, 0.15) is 0 Å². The van der Waals surface area contributed by atoms with Crippen LogP contribution in [-0.4, -0.2) is 4.98 Å². The van der Waals surface area contributed by atoms with Crippen LogP contribution in [0.1, 0.15) is 16.7 Å². The molecule has 0 aliphatic rings. The highest BCUT2D eigenvalue weighted by Crippen LogP contribution is 2.40. The Morgan fingerprint density at radius 1 is 0.857 bits per heavy atom. The Labute approximate surface area is 116 Å². The highest BCUT2D eigenvalue weighted by atomic mass is 19.4. The van der Waals surface area contributed by atoms with Gasteiger partial charge < -0.3 is 0 Å². The predicted octanol–water partition coefficient (Wildman–Crippen LogP) is 5.09. The summed E-state index contributed by atoms with van der Waals surface area (Å²) >= 11 is 0. The molecular formula is C14H9F6N. The number of aromatic nitrogens is 1. The predicted molar refractivity (Wildman–Crippen MR) is 64.4 cm³/mol. The Balaban J connectivity index is 2.67. The van der Waals surface area contributed by atoms with Crippen LogP contribution >= 0.6 is 0 Å². The van der Waals surface area contributed by atoms with Crippen molar-refractivity contribution in [3.63, 3.8) is 0 Å². The van der Waals surface area contributed by atoms with Crippen molar-refractivity contribution in [2.75, 3.05) is 0 Å². The smallest absolute Gasteiger partial charge is 0.264 e. The van der Waals surface area contributed by atoms with Crippen molar-refractivity contribution < 1.29 is 26.3 Å². The van der Waals surface area contributed by atoms with E-state index in [0.29, 0.717) is 11.6 Å². The Morgan fingerprint density at radius 2 is 1.52 bits per heavy atom. The third kappa shape index (κ3) is 3.34. The molecule has 0 radical (unpaired) electrons. The average Bonchev–Trinajstić information content (AvgIpc) is 2.36. The van der Waals surface area contributed by atoms with Gasteiger partial charge in [-0.15, -0.1) is 0 Å². The molecular weight excluding hydrogens is 296 g/mol. The van der Waals surface area contributed by atoms with E-state index in [2.05, 4.69) is 4.98 Å². The monoisotopic (exact) mass is 305 g/mol. The minimum Gasteiger partial charge on any atom is -0.264 e. The van der Waals surface area contributed by atoms with Gasteiger partial charge in [0.2, 0.25) is 0 Å². The fraction of sp³-hybridized carbons (Fsp3) is 0.214. The van der Waals surface area contributed by atoms with E-state index in [-0.39, 0.29) is 17.2 Å². The van der Waals surface area contributed by atoms with E-state index in [1.807, 2.05) is 0 Å². The number of nitrogens with zero attached hydrogens (tertiary/aromatic N) is 1. The Kier molecular flexibility index (Phi) is 3.69. The number of alkyl halides is 6. The molecule has 0 aliphatic heterocycles. The van der Waals surface area contributed by atoms with E-state index >= 15 is 0 Å². The van der Waals surface area contributed by atoms with Crippen LogP contribution in [0.2, 0.25) is 0 Å². The molecule has 1 heterocycles. The molecule has 0 bridgehead atoms. The molecule has 0 atom stereocenters. The van der Waals surface area contributed by atoms with Gasteiger partial charge in [-0.05, 0) is 36.2 Å². The van der Waals surface area contributed by atoms with Crippen LogP contribution in [0, 0.1) is 6.92 Å². The quantitative estimate of drug-likeness (QED) is 0.668. The van der Waals surface area contributed by atoms with Crippen molar-refractivity contribution in [3.05, 3.63) is 53.3 Å². The zero-order valence-electron chi connectivity index (χ0n) is 10.7. The van der Waals surface area contributed by atoms with E-state index < -0.39 is 23.5 Å². The zero-order chi connectivity index (χ0) is 15.8. The van der Waals surface area contributed by atoms with Crippen LogP contribution in [0.15, 0.2) is 36.7 Å². The summed E-state index contributed by atoms with van der Waals surface area (Å²) in [6.07, 6.45) is -7.09. The zero-order valence-corrected chi connectivity index (χ0v) is 10.7. The summed E-state index contributed by atoms with van der Waals surface area (Å²) in [6.45, 7) is 1.63. The van der Waals surface area contributed by atoms with Gasteiger partial charge in [0.05, 0.1) is 11.1 Å². The van der Waals surface area contributed by atoms with Gasteiger partial charge in [-0.1, -0.05) is 6.07 Å². The number of benzene rings is 1. The number of halogens is 6. The van der Waals surface area contributed by atoms with Crippen molar-refractivity contribution in [2.24, 2.45) is 0 Å². The average molecular weight is 305 g/mol. The number of hydrogen-bond acceptors (Lipinski definition) is 1. The first-order chi connectivity index (χ1) is 9.59. The molecule has 0 amide bonds. The molecule has 1 aromatic heterocycles. The minimum absolute atomic E-state index is 0.121. The van der Waals surface area contributed by atoms with Crippen molar-refractivity contribution in [1.82, 2.24) is 4.98 Å². The van der Waals surface area contributed by atoms with Gasteiger partial charge in [0, 0.05) is 18.0 Å². The van der Waals surface area contributed by atoms with E-state index in [4.69, 9.17) is 0 Å². The maximum Gasteiger partial charge on any atom is 0.417 e. The van der Waals surface area contributed by atoms with Crippen molar-refractivity contribution >= 4 is 0 Å². The SMILES string of the molecule is Cc1cncc(-c2ccc(C(F)(F)F)cc2C(F)(F)F)c1. The maximum atomic E-state index is 13.0. The molecule has 0 N–H and O–H groups in total. The van der Waals surface area contributed by atoms with Crippen molar-refractivity contribution in [1.29, 1.82) is 0 Å². The molecule has 21 heavy (non-hydrogen) atoms. The lowest BCUT2D eigenvalue weighted by molar-refractivity contribution is -0.142. The molecule has 112 valence electrons. The van der Waals surface area contributed by atoms with Gasteiger partial charge in [0.25, 0.3) is 0 Å². The van der Waals surface area contributed by atoms with Crippen LogP contribution in [0.3, 0.4) is 0 Å². The molecule has 0 saturated heterocycles. The van der Waals surface area contributed by atoms with Crippen LogP contribution in [0.4, 0.5) is 26.3 Å². The van der Waals surface area contributed by atoms with Gasteiger partial charge in [0.15, 0.2) is 0 Å². The summed E-state index contributed by atoms with van der Waals surface area (Å²) in [5, 5.41) is 0. The second-order valence-electron chi connectivity index (χ2n) is 4.51. The summed E-state index contributed by atoms with van der Waals surface area (Å²) < 4.78 is 76.8. The normalized spacial score (nSPS) is 12.5. The van der Waals surface area contributed by atoms with Gasteiger partial charge >= 0.3 is 12.4 Å². The van der Waals surface area contributed by atoms with E-state index in [9.17, 15) is 26.3 Å². The van der Waals surface area contributed by atoms with Crippen LogP contribution in [0.25, 0.3) is 11.1 Å². The fourth-order valence-corrected chi connectivity index (χ4v) is 1.91. The molecule has 7 heteroatoms. The van der Waals surface area contributed by atoms with Gasteiger partial charge in [-0.25, -0.2) is 0 Å². The molecule has 2 aromatic rings. The number of pyridine rings is 1. The lowest BCUT2D eigenvalue weighted by Gasteiger charge is -2.16. The minimum atomic E-state index is -4.89. The van der Waals surface area contributed by atoms with Crippen LogP contribution in [0.5, 0.6) is 0 Å². The summed E-state index contributed by atoms with van der Waals surface area (Å²) in [4.78, 5) is 3.77. The number of aryl methyl sites for hydroxylation is 1. The largest absolute Gasteiger partial charge is 0.417 e. The second-order valence-corrected chi connectivity index (χ2v) is 4.51. The first-order valence-electron chi connectivity index (χ1n) is 5.79. The summed E-state index contributed by atoms with van der Waals surface area (Å²) in [6, 6.07) is 3.01. The van der Waals surface area contributed by atoms with Crippen molar-refractivity contribution in [3.8, 4) is 11.1 Å². The van der Waals surface area contributed by atoms with Gasteiger partial charge in [-0.3, -0.25) is 4.98 Å². The Hall–Kier alpha value is -2.05. The Morgan fingerprint density at radius 3 is 2.05 bits per heavy atom. The third-order valence-electron chi connectivity index (χ3n) is 2.84. The molecule has 1 nitrogen and oxygen atoms in total. The standard InChI is InChI=1S/C14H9F6N/c1-8-4-9(7-21-6-8)11-3-2-10(13(15,16)17)5-12(11)14(18,19)20/h2-7H,1H3. The van der Waals surface area contributed by atoms with Crippen LogP contribution < -0.4 is 0 Å². The van der Waals surface area contributed by atoms with Crippen molar-refractivity contribution in [2.45, 2.75) is 19.3 Å². The lowest BCUT2D eigenvalue weighted by atomic mass is 9.97. The third-order valence-corrected chi connectivity index (χ3v) is 2.84. The molecule has 0 saturated carbocycles. The molecule has 0 fully saturated rings. The molecule has 0 aliphatic carbocycles. The molecule has 0 unspecified atom stereocenters. The lowest BCUT2D eigenvalue weighted by Crippen LogP contribution is -2.12. The topological polar surface area (TPSA) is 12.9 Å². The van der Waals surface area contributed by atoms with Gasteiger partial charge in [-0.2, -0.15) is 26.3 Å². The molecule has 0 spiro atoms. The van der Waals surface area contributed by atoms with E-state index in [0.717, 1.165) is 6.07 Å². The first kappa shape index (κ1) is 15.3. The fourth-order valence-electron chi connectivity index (χ4n) is 1.91. The number of hydrogen-bond donors (Lipinski definition) is 0. The van der Waals surface area contributed by atoms with E-state index in [1.54, 1.807) is 6.92 Å². The summed E-state index contributed by atoms with van der Waals surface area (Å²) in [5.41, 5.74) is -2.26. The molecule has 2 rings (SSSR count). The number of rotatable bonds is 1. The van der Waals surface area contributed by atoms with Crippen LogP contribution in [-0.2, 0) is 12.4 Å². The first-order valence-corrected chi connectivity index (χ1v) is 5.79. The highest BCUT2D eigenvalue weighted by molar-refractivity contribution is 5.68.